The van der Waals surface area contributed by atoms with Gasteiger partial charge >= 0.3 is 11.9 Å². The Morgan fingerprint density at radius 2 is 1.86 bits per heavy atom. The average Bonchev–Trinajstić information content (AvgIpc) is 2.69. The van der Waals surface area contributed by atoms with Crippen LogP contribution in [0.1, 0.15) is 6.42 Å². The van der Waals surface area contributed by atoms with Crippen molar-refractivity contribution >= 4 is 11.9 Å². The Bertz CT molecular complexity index is 657. The monoisotopic (exact) mass is 420 g/mol. The molecule has 164 valence electrons. The molecule has 0 saturated carbocycles. The number of rotatable bonds is 7. The van der Waals surface area contributed by atoms with Crippen LogP contribution in [0.5, 0.6) is 0 Å². The van der Waals surface area contributed by atoms with E-state index in [4.69, 9.17) is 14.2 Å². The number of hydrogen-bond donors (Lipinski definition) is 6. The summed E-state index contributed by atoms with van der Waals surface area (Å²) in [5, 5.41) is 57.6. The van der Waals surface area contributed by atoms with Crippen LogP contribution in [0.25, 0.3) is 0 Å². The van der Waals surface area contributed by atoms with Crippen LogP contribution in [-0.2, 0) is 28.5 Å². The summed E-state index contributed by atoms with van der Waals surface area (Å²) in [4.78, 5) is 23.3. The molecule has 7 atom stereocenters. The lowest BCUT2D eigenvalue weighted by Crippen LogP contribution is -2.60. The number of aliphatic carboxylic acids is 1. The summed E-state index contributed by atoms with van der Waals surface area (Å²) in [6.45, 7) is -1.22. The third kappa shape index (κ3) is 5.11. The fourth-order valence-corrected chi connectivity index (χ4v) is 3.11. The first kappa shape index (κ1) is 23.2. The highest BCUT2D eigenvalue weighted by Gasteiger charge is 2.46. The molecule has 2 aliphatic rings. The second kappa shape index (κ2) is 10.1. The van der Waals surface area contributed by atoms with Crippen LogP contribution < -0.4 is 0 Å². The summed E-state index contributed by atoms with van der Waals surface area (Å²) < 4.78 is 20.7. The van der Waals surface area contributed by atoms with Crippen molar-refractivity contribution in [3.8, 4) is 0 Å². The molecule has 1 fully saturated rings. The van der Waals surface area contributed by atoms with Crippen LogP contribution in [0, 0.1) is 5.92 Å². The number of ether oxygens (including phenoxy) is 4. The first-order valence-electron chi connectivity index (χ1n) is 8.67. The Labute approximate surface area is 165 Å². The average molecular weight is 420 g/mol. The molecule has 2 aliphatic heterocycles. The van der Waals surface area contributed by atoms with Crippen molar-refractivity contribution in [2.75, 3.05) is 20.3 Å². The number of methoxy groups -OCH3 is 1. The third-order valence-corrected chi connectivity index (χ3v) is 4.60. The molecule has 12 nitrogen and oxygen atoms in total. The lowest BCUT2D eigenvalue weighted by atomic mass is 9.86. The van der Waals surface area contributed by atoms with Crippen molar-refractivity contribution in [3.63, 3.8) is 0 Å². The summed E-state index contributed by atoms with van der Waals surface area (Å²) in [6, 6.07) is 0. The lowest BCUT2D eigenvalue weighted by Gasteiger charge is -2.41. The van der Waals surface area contributed by atoms with Gasteiger partial charge in [-0.1, -0.05) is 6.08 Å². The number of carbonyl (C=O) groups excluding carboxylic acids is 1. The first-order valence-corrected chi connectivity index (χ1v) is 8.67. The van der Waals surface area contributed by atoms with Crippen LogP contribution in [0.3, 0.4) is 0 Å². The van der Waals surface area contributed by atoms with Gasteiger partial charge in [-0.2, -0.15) is 0 Å². The molecule has 2 heterocycles. The number of hydrogen-bond acceptors (Lipinski definition) is 11. The molecular formula is C17H24O12. The van der Waals surface area contributed by atoms with Gasteiger partial charge in [-0.3, -0.25) is 4.79 Å². The molecule has 0 aromatic carbocycles. The van der Waals surface area contributed by atoms with E-state index in [2.05, 4.69) is 4.74 Å². The largest absolute Gasteiger partial charge is 0.481 e. The summed E-state index contributed by atoms with van der Waals surface area (Å²) in [5.41, 5.74) is -0.0713. The minimum atomic E-state index is -1.73. The van der Waals surface area contributed by atoms with Gasteiger partial charge in [0, 0.05) is 11.5 Å². The van der Waals surface area contributed by atoms with Crippen molar-refractivity contribution < 1.29 is 59.2 Å². The molecule has 0 bridgehead atoms. The standard InChI is InChI=1S/C17H24O12/c1-26-15(25)9-6-27-16(7(2-3-18)8(9)4-11(20)21)29-17-14(24)13(23)12(22)10(5-19)28-17/h2,6,8,10,12-14,16-19,22-24H,3-5H2,1H3,(H,20,21)/b7-2+/t8-,10?,12?,13?,14?,16?,17?/m0/s1. The Morgan fingerprint density at radius 1 is 1.17 bits per heavy atom. The van der Waals surface area contributed by atoms with Gasteiger partial charge < -0.3 is 49.6 Å². The molecule has 0 spiro atoms. The SMILES string of the molecule is COC(=O)C1=COC(OC2OC(CO)C(O)C(O)C2O)/C(=C/CO)[C@@H]1CC(=O)O. The van der Waals surface area contributed by atoms with Crippen molar-refractivity contribution in [2.24, 2.45) is 5.92 Å². The minimum Gasteiger partial charge on any atom is -0.481 e. The lowest BCUT2D eigenvalue weighted by molar-refractivity contribution is -0.327. The Kier molecular flexibility index (Phi) is 8.10. The second-order valence-electron chi connectivity index (χ2n) is 6.40. The highest BCUT2D eigenvalue weighted by atomic mass is 16.8. The molecule has 29 heavy (non-hydrogen) atoms. The highest BCUT2D eigenvalue weighted by Crippen LogP contribution is 2.35. The molecule has 2 rings (SSSR count). The molecule has 0 amide bonds. The van der Waals surface area contributed by atoms with Gasteiger partial charge in [-0.25, -0.2) is 4.79 Å². The Balaban J connectivity index is 2.31. The molecule has 0 radical (unpaired) electrons. The zero-order valence-electron chi connectivity index (χ0n) is 15.5. The summed E-state index contributed by atoms with van der Waals surface area (Å²) in [7, 11) is 1.10. The number of carbonyl (C=O) groups is 2. The van der Waals surface area contributed by atoms with Gasteiger partial charge in [0.2, 0.25) is 6.29 Å². The van der Waals surface area contributed by atoms with E-state index in [1.165, 1.54) is 6.08 Å². The van der Waals surface area contributed by atoms with Crippen molar-refractivity contribution in [1.82, 2.24) is 0 Å². The molecule has 0 aliphatic carbocycles. The number of aliphatic hydroxyl groups excluding tert-OH is 5. The highest BCUT2D eigenvalue weighted by molar-refractivity contribution is 5.90. The van der Waals surface area contributed by atoms with E-state index in [9.17, 15) is 40.2 Å². The van der Waals surface area contributed by atoms with Crippen LogP contribution in [-0.4, -0.2) is 99.9 Å². The zero-order chi connectivity index (χ0) is 21.7. The minimum absolute atomic E-state index is 0.0507. The zero-order valence-corrected chi connectivity index (χ0v) is 15.5. The van der Waals surface area contributed by atoms with Crippen LogP contribution in [0.15, 0.2) is 23.5 Å². The number of aliphatic hydroxyl groups is 5. The normalized spacial score (nSPS) is 36.3. The van der Waals surface area contributed by atoms with E-state index < -0.39 is 74.5 Å². The molecule has 0 aromatic heterocycles. The van der Waals surface area contributed by atoms with Gasteiger partial charge in [0.1, 0.15) is 24.4 Å². The van der Waals surface area contributed by atoms with Crippen molar-refractivity contribution in [2.45, 2.75) is 43.4 Å². The predicted octanol–water partition coefficient (Wildman–Crippen LogP) is -2.77. The summed E-state index contributed by atoms with van der Waals surface area (Å²) in [6.07, 6.45) is -7.65. The second-order valence-corrected chi connectivity index (χ2v) is 6.40. The van der Waals surface area contributed by atoms with Crippen molar-refractivity contribution in [3.05, 3.63) is 23.5 Å². The maximum Gasteiger partial charge on any atom is 0.337 e. The molecule has 1 saturated heterocycles. The number of esters is 1. The van der Waals surface area contributed by atoms with E-state index >= 15 is 0 Å². The smallest absolute Gasteiger partial charge is 0.337 e. The Hall–Kier alpha value is -2.06. The maximum atomic E-state index is 12.0. The van der Waals surface area contributed by atoms with E-state index in [1.54, 1.807) is 0 Å². The number of carboxylic acids is 1. The first-order chi connectivity index (χ1) is 13.7. The molecule has 12 heteroatoms. The maximum absolute atomic E-state index is 12.0. The predicted molar refractivity (Wildman–Crippen MR) is 90.7 cm³/mol. The fourth-order valence-electron chi connectivity index (χ4n) is 3.11. The van der Waals surface area contributed by atoms with Gasteiger partial charge in [-0.15, -0.1) is 0 Å². The fraction of sp³-hybridized carbons (Fsp3) is 0.647. The van der Waals surface area contributed by atoms with Gasteiger partial charge in [0.15, 0.2) is 6.29 Å². The quantitative estimate of drug-likeness (QED) is 0.184. The van der Waals surface area contributed by atoms with E-state index in [0.717, 1.165) is 13.4 Å². The molecule has 0 aromatic rings. The van der Waals surface area contributed by atoms with Crippen LogP contribution >= 0.6 is 0 Å². The van der Waals surface area contributed by atoms with Gasteiger partial charge in [0.25, 0.3) is 0 Å². The van der Waals surface area contributed by atoms with Crippen LogP contribution in [0.2, 0.25) is 0 Å². The summed E-state index contributed by atoms with van der Waals surface area (Å²) >= 11 is 0. The molecular weight excluding hydrogens is 396 g/mol. The van der Waals surface area contributed by atoms with E-state index in [-0.39, 0.29) is 11.1 Å². The molecule has 6 N–H and O–H groups in total. The number of carboxylic acid groups (broad SMARTS) is 1. The summed E-state index contributed by atoms with van der Waals surface area (Å²) in [5.74, 6) is -3.16. The van der Waals surface area contributed by atoms with E-state index in [0.29, 0.717) is 0 Å². The van der Waals surface area contributed by atoms with E-state index in [1.807, 2.05) is 0 Å². The van der Waals surface area contributed by atoms with Crippen LogP contribution in [0.4, 0.5) is 0 Å². The third-order valence-electron chi connectivity index (χ3n) is 4.60. The van der Waals surface area contributed by atoms with Gasteiger partial charge in [0.05, 0.1) is 38.6 Å². The molecule has 6 unspecified atom stereocenters. The Morgan fingerprint density at radius 3 is 2.41 bits per heavy atom. The van der Waals surface area contributed by atoms with Gasteiger partial charge in [-0.05, 0) is 0 Å². The van der Waals surface area contributed by atoms with Crippen molar-refractivity contribution in [1.29, 1.82) is 0 Å². The topological polar surface area (TPSA) is 192 Å².